The first-order valence-electron chi connectivity index (χ1n) is 8.62. The summed E-state index contributed by atoms with van der Waals surface area (Å²) in [7, 11) is 0. The Kier molecular flexibility index (Phi) is 4.53. The Labute approximate surface area is 161 Å². The van der Waals surface area contributed by atoms with Crippen molar-refractivity contribution in [3.8, 4) is 0 Å². The number of anilines is 1. The molecule has 0 radical (unpaired) electrons. The van der Waals surface area contributed by atoms with Gasteiger partial charge in [0.1, 0.15) is 11.4 Å². The van der Waals surface area contributed by atoms with Crippen LogP contribution in [0.1, 0.15) is 16.7 Å². The molecular weight excluding hydrogens is 358 g/mol. The van der Waals surface area contributed by atoms with Gasteiger partial charge in [-0.05, 0) is 44.0 Å². The monoisotopic (exact) mass is 377 g/mol. The summed E-state index contributed by atoms with van der Waals surface area (Å²) in [4.78, 5) is 17.2. The van der Waals surface area contributed by atoms with E-state index in [1.54, 1.807) is 6.33 Å². The molecule has 2 aromatic heterocycles. The Morgan fingerprint density at radius 1 is 1.15 bits per heavy atom. The number of aryl methyl sites for hydroxylation is 3. The Morgan fingerprint density at radius 2 is 1.89 bits per heavy atom. The van der Waals surface area contributed by atoms with Gasteiger partial charge < -0.3 is 5.32 Å². The molecule has 2 heterocycles. The lowest BCUT2D eigenvalue weighted by Gasteiger charge is -2.13. The molecule has 136 valence electrons. The van der Waals surface area contributed by atoms with Gasteiger partial charge in [0, 0.05) is 5.69 Å². The number of hydrogen-bond donors (Lipinski definition) is 1. The van der Waals surface area contributed by atoms with Crippen molar-refractivity contribution in [3.63, 3.8) is 0 Å². The van der Waals surface area contributed by atoms with Crippen molar-refractivity contribution in [1.82, 2.24) is 19.6 Å². The van der Waals surface area contributed by atoms with E-state index in [1.165, 1.54) is 17.3 Å². The van der Waals surface area contributed by atoms with Crippen LogP contribution in [0.5, 0.6) is 0 Å². The van der Waals surface area contributed by atoms with Gasteiger partial charge in [-0.15, -0.1) is 10.2 Å². The highest BCUT2D eigenvalue weighted by Crippen LogP contribution is 2.26. The summed E-state index contributed by atoms with van der Waals surface area (Å²) in [5.74, 6) is 0.184. The largest absolute Gasteiger partial charge is 0.325 e. The number of hydrogen-bond acceptors (Lipinski definition) is 5. The summed E-state index contributed by atoms with van der Waals surface area (Å²) >= 11 is 1.37. The zero-order chi connectivity index (χ0) is 19.0. The van der Waals surface area contributed by atoms with E-state index >= 15 is 0 Å². The van der Waals surface area contributed by atoms with Gasteiger partial charge in [0.2, 0.25) is 5.91 Å². The number of fused-ring (bicyclic) bond motifs is 3. The number of nitrogens with zero attached hydrogens (tertiary/aromatic N) is 4. The molecule has 0 saturated carbocycles. The molecule has 6 nitrogen and oxygen atoms in total. The average Bonchev–Trinajstić information content (AvgIpc) is 3.13. The zero-order valence-corrected chi connectivity index (χ0v) is 16.2. The number of carbonyl (C=O) groups excluding carboxylic acids is 1. The van der Waals surface area contributed by atoms with Crippen molar-refractivity contribution in [2.75, 3.05) is 11.1 Å². The summed E-state index contributed by atoms with van der Waals surface area (Å²) in [5.41, 5.74) is 6.64. The molecule has 7 heteroatoms. The number of aromatic nitrogens is 4. The van der Waals surface area contributed by atoms with Crippen LogP contribution in [0, 0.1) is 20.8 Å². The predicted molar refractivity (Wildman–Crippen MR) is 108 cm³/mol. The second-order valence-electron chi connectivity index (χ2n) is 6.54. The Balaban J connectivity index is 1.56. The van der Waals surface area contributed by atoms with Crippen LogP contribution in [-0.2, 0) is 4.79 Å². The third-order valence-electron chi connectivity index (χ3n) is 4.38. The minimum absolute atomic E-state index is 0.0670. The quantitative estimate of drug-likeness (QED) is 0.546. The van der Waals surface area contributed by atoms with E-state index in [-0.39, 0.29) is 11.7 Å². The van der Waals surface area contributed by atoms with Crippen LogP contribution < -0.4 is 5.32 Å². The minimum Gasteiger partial charge on any atom is -0.325 e. The standard InChI is InChI=1S/C20H19N5OS/c1-12-8-13(2)18(14(3)9-12)23-17(26)10-27-20-19-24-21-11-25(19)16-7-5-4-6-15(16)22-20/h4-9,11H,10H2,1-3H3,(H,23,26). The molecular formula is C20H19N5OS. The highest BCUT2D eigenvalue weighted by molar-refractivity contribution is 8.00. The fourth-order valence-electron chi connectivity index (χ4n) is 3.26. The van der Waals surface area contributed by atoms with Gasteiger partial charge in [0.05, 0.1) is 16.8 Å². The molecule has 0 aliphatic heterocycles. The van der Waals surface area contributed by atoms with Crippen LogP contribution in [0.2, 0.25) is 0 Å². The Bertz CT molecular complexity index is 1140. The molecule has 0 fully saturated rings. The minimum atomic E-state index is -0.0670. The first-order valence-corrected chi connectivity index (χ1v) is 9.60. The summed E-state index contributed by atoms with van der Waals surface area (Å²) in [5, 5.41) is 11.9. The fourth-order valence-corrected chi connectivity index (χ4v) is 4.03. The van der Waals surface area contributed by atoms with Crippen LogP contribution in [-0.4, -0.2) is 31.2 Å². The smallest absolute Gasteiger partial charge is 0.234 e. The number of nitrogens with one attached hydrogen (secondary N) is 1. The van der Waals surface area contributed by atoms with Gasteiger partial charge in [0.25, 0.3) is 0 Å². The lowest BCUT2D eigenvalue weighted by molar-refractivity contribution is -0.113. The number of thioether (sulfide) groups is 1. The molecule has 0 aliphatic rings. The van der Waals surface area contributed by atoms with Crippen LogP contribution in [0.25, 0.3) is 16.7 Å². The topological polar surface area (TPSA) is 72.2 Å². The lowest BCUT2D eigenvalue weighted by Crippen LogP contribution is -2.16. The van der Waals surface area contributed by atoms with Crippen LogP contribution in [0.15, 0.2) is 47.8 Å². The van der Waals surface area contributed by atoms with Gasteiger partial charge in [-0.3, -0.25) is 9.20 Å². The van der Waals surface area contributed by atoms with Crippen molar-refractivity contribution >= 4 is 40.0 Å². The molecule has 1 N–H and O–H groups in total. The van der Waals surface area contributed by atoms with Crippen molar-refractivity contribution in [3.05, 3.63) is 59.4 Å². The van der Waals surface area contributed by atoms with Gasteiger partial charge in [-0.1, -0.05) is 41.6 Å². The van der Waals surface area contributed by atoms with Crippen LogP contribution in [0.4, 0.5) is 5.69 Å². The van der Waals surface area contributed by atoms with E-state index in [1.807, 2.05) is 42.5 Å². The number of benzene rings is 2. The number of amides is 1. The number of rotatable bonds is 4. The van der Waals surface area contributed by atoms with E-state index in [2.05, 4.69) is 39.6 Å². The molecule has 0 aliphatic carbocycles. The SMILES string of the molecule is Cc1cc(C)c(NC(=O)CSc2nc3ccccc3n3cnnc23)c(C)c1. The molecule has 4 rings (SSSR count). The maximum absolute atomic E-state index is 12.5. The second-order valence-corrected chi connectivity index (χ2v) is 7.50. The first-order chi connectivity index (χ1) is 13.0. The van der Waals surface area contributed by atoms with E-state index < -0.39 is 0 Å². The average molecular weight is 377 g/mol. The zero-order valence-electron chi connectivity index (χ0n) is 15.4. The van der Waals surface area contributed by atoms with Crippen molar-refractivity contribution in [2.24, 2.45) is 0 Å². The van der Waals surface area contributed by atoms with E-state index in [0.29, 0.717) is 10.7 Å². The summed E-state index contributed by atoms with van der Waals surface area (Å²) in [6, 6.07) is 12.0. The van der Waals surface area contributed by atoms with Gasteiger partial charge in [-0.25, -0.2) is 4.98 Å². The maximum atomic E-state index is 12.5. The van der Waals surface area contributed by atoms with Crippen molar-refractivity contribution in [1.29, 1.82) is 0 Å². The molecule has 0 saturated heterocycles. The number of carbonyl (C=O) groups is 1. The molecule has 0 bridgehead atoms. The summed E-state index contributed by atoms with van der Waals surface area (Å²) < 4.78 is 1.90. The van der Waals surface area contributed by atoms with Gasteiger partial charge in [-0.2, -0.15) is 0 Å². The summed E-state index contributed by atoms with van der Waals surface area (Å²) in [6.07, 6.45) is 1.67. The Morgan fingerprint density at radius 3 is 2.67 bits per heavy atom. The first kappa shape index (κ1) is 17.5. The highest BCUT2D eigenvalue weighted by Gasteiger charge is 2.14. The predicted octanol–water partition coefficient (Wildman–Crippen LogP) is 3.93. The molecule has 2 aromatic carbocycles. The van der Waals surface area contributed by atoms with Crippen LogP contribution >= 0.6 is 11.8 Å². The highest BCUT2D eigenvalue weighted by atomic mass is 32.2. The molecule has 27 heavy (non-hydrogen) atoms. The van der Waals surface area contributed by atoms with E-state index in [0.717, 1.165) is 27.8 Å². The third kappa shape index (κ3) is 3.38. The molecule has 1 amide bonds. The Hall–Kier alpha value is -2.93. The van der Waals surface area contributed by atoms with Crippen molar-refractivity contribution < 1.29 is 4.79 Å². The van der Waals surface area contributed by atoms with Gasteiger partial charge in [0.15, 0.2) is 5.65 Å². The van der Waals surface area contributed by atoms with E-state index in [9.17, 15) is 4.79 Å². The number of para-hydroxylation sites is 2. The van der Waals surface area contributed by atoms with Crippen molar-refractivity contribution in [2.45, 2.75) is 25.8 Å². The maximum Gasteiger partial charge on any atom is 0.234 e. The lowest BCUT2D eigenvalue weighted by atomic mass is 10.1. The molecule has 0 atom stereocenters. The van der Waals surface area contributed by atoms with E-state index in [4.69, 9.17) is 0 Å². The third-order valence-corrected chi connectivity index (χ3v) is 5.34. The summed E-state index contributed by atoms with van der Waals surface area (Å²) in [6.45, 7) is 6.07. The normalized spacial score (nSPS) is 11.2. The van der Waals surface area contributed by atoms with Gasteiger partial charge >= 0.3 is 0 Å². The second kappa shape index (κ2) is 7.00. The fraction of sp³-hybridized carbons (Fsp3) is 0.200. The molecule has 4 aromatic rings. The molecule has 0 spiro atoms. The van der Waals surface area contributed by atoms with Crippen LogP contribution in [0.3, 0.4) is 0 Å². The molecule has 0 unspecified atom stereocenters.